The topological polar surface area (TPSA) is 99.1 Å². The molecule has 0 bridgehead atoms. The van der Waals surface area contributed by atoms with E-state index in [0.29, 0.717) is 19.3 Å². The summed E-state index contributed by atoms with van der Waals surface area (Å²) in [5.41, 5.74) is 0. The van der Waals surface area contributed by atoms with Crippen molar-refractivity contribution in [3.05, 3.63) is 60.8 Å². The lowest BCUT2D eigenvalue weighted by Crippen LogP contribution is -2.50. The second kappa shape index (κ2) is 46.6. The van der Waals surface area contributed by atoms with Crippen LogP contribution in [0.4, 0.5) is 0 Å². The molecule has 0 aromatic heterocycles. The number of allylic oxidation sites excluding steroid dienone is 10. The van der Waals surface area contributed by atoms with E-state index < -0.39 is 18.1 Å². The first-order chi connectivity index (χ1) is 31.1. The molecule has 2 atom stereocenters. The number of aliphatic carboxylic acids is 1. The highest BCUT2D eigenvalue weighted by Gasteiger charge is 2.31. The molecule has 2 unspecified atom stereocenters. The highest BCUT2D eigenvalue weighted by atomic mass is 16.6. The molecule has 8 nitrogen and oxygen atoms in total. The van der Waals surface area contributed by atoms with Gasteiger partial charge >= 0.3 is 17.9 Å². The minimum atomic E-state index is -0.877. The summed E-state index contributed by atoms with van der Waals surface area (Å²) in [5.74, 6) is -1.48. The summed E-state index contributed by atoms with van der Waals surface area (Å²) in [6, 6.07) is -0.619. The average molecular weight is 899 g/mol. The SMILES string of the molecule is CC/C=C/C/C=C/C/C=C/C/C=C/C/C=C/CCCCCCCCC(=O)OC(COCCC(C(=O)O)[N+](C)(C)C)COC(=O)CCCCCCCCCCCCCCCCCCCC. The van der Waals surface area contributed by atoms with Gasteiger partial charge in [0.2, 0.25) is 0 Å². The maximum atomic E-state index is 12.8. The fourth-order valence-corrected chi connectivity index (χ4v) is 7.65. The Bertz CT molecular complexity index is 1230. The first-order valence-electron chi connectivity index (χ1n) is 26.3. The molecule has 0 aliphatic heterocycles. The van der Waals surface area contributed by atoms with Gasteiger partial charge in [0.1, 0.15) is 6.61 Å². The zero-order valence-electron chi connectivity index (χ0n) is 42.2. The van der Waals surface area contributed by atoms with E-state index in [1.807, 2.05) is 21.1 Å². The third kappa shape index (κ3) is 44.2. The molecular weight excluding hydrogens is 799 g/mol. The molecule has 370 valence electrons. The summed E-state index contributed by atoms with van der Waals surface area (Å²) in [4.78, 5) is 37.2. The number of carbonyl (C=O) groups is 3. The molecule has 64 heavy (non-hydrogen) atoms. The standard InChI is InChI=1S/C56H99NO7/c1-6-8-10-12-14-16-18-20-22-24-26-27-28-29-31-33-35-37-39-41-43-45-47-55(59)64-52(50-62-49-48-53(56(60)61)57(3,4)5)51-63-54(58)46-44-42-40-38-36-34-32-30-25-23-21-19-17-15-13-11-9-7-2/h8,10,14,16,20,22,26-27,29,31,52-53H,6-7,9,11-13,15,17-19,21,23-25,28,30,32-51H2,1-5H3/p+1/b10-8+,16-14+,22-20+,27-26+,31-29+. The highest BCUT2D eigenvalue weighted by Crippen LogP contribution is 2.16. The third-order valence-electron chi connectivity index (χ3n) is 11.7. The van der Waals surface area contributed by atoms with Crippen molar-refractivity contribution in [1.29, 1.82) is 0 Å². The minimum absolute atomic E-state index is 0.0551. The Hall–Kier alpha value is -2.97. The second-order valence-corrected chi connectivity index (χ2v) is 18.8. The molecule has 0 aliphatic rings. The zero-order chi connectivity index (χ0) is 47.0. The first kappa shape index (κ1) is 61.0. The number of carboxylic acids is 1. The smallest absolute Gasteiger partial charge is 0.362 e. The Morgan fingerprint density at radius 2 is 0.875 bits per heavy atom. The molecule has 0 aromatic carbocycles. The van der Waals surface area contributed by atoms with Crippen LogP contribution in [0.15, 0.2) is 60.8 Å². The Morgan fingerprint density at radius 3 is 1.30 bits per heavy atom. The molecule has 0 heterocycles. The van der Waals surface area contributed by atoms with Gasteiger partial charge in [-0.15, -0.1) is 0 Å². The van der Waals surface area contributed by atoms with E-state index in [2.05, 4.69) is 74.6 Å². The minimum Gasteiger partial charge on any atom is -0.477 e. The Morgan fingerprint density at radius 1 is 0.484 bits per heavy atom. The van der Waals surface area contributed by atoms with Gasteiger partial charge in [-0.25, -0.2) is 4.79 Å². The number of carboxylic acid groups (broad SMARTS) is 1. The Labute approximate surface area is 394 Å². The van der Waals surface area contributed by atoms with E-state index >= 15 is 0 Å². The van der Waals surface area contributed by atoms with E-state index in [1.165, 1.54) is 109 Å². The number of hydrogen-bond donors (Lipinski definition) is 1. The van der Waals surface area contributed by atoms with Crippen molar-refractivity contribution in [2.24, 2.45) is 0 Å². The van der Waals surface area contributed by atoms with Crippen molar-refractivity contribution < 1.29 is 38.2 Å². The fourth-order valence-electron chi connectivity index (χ4n) is 7.65. The van der Waals surface area contributed by atoms with Crippen molar-refractivity contribution in [3.63, 3.8) is 0 Å². The second-order valence-electron chi connectivity index (χ2n) is 18.8. The molecule has 0 spiro atoms. The van der Waals surface area contributed by atoms with Crippen LogP contribution in [0.25, 0.3) is 0 Å². The summed E-state index contributed by atoms with van der Waals surface area (Å²) in [6.45, 7) is 4.63. The Kier molecular flexibility index (Phi) is 44.4. The monoisotopic (exact) mass is 899 g/mol. The number of unbranched alkanes of at least 4 members (excludes halogenated alkanes) is 23. The number of rotatable bonds is 47. The van der Waals surface area contributed by atoms with E-state index in [1.54, 1.807) is 0 Å². The number of quaternary nitrogens is 1. The molecule has 0 aromatic rings. The van der Waals surface area contributed by atoms with Crippen LogP contribution in [0, 0.1) is 0 Å². The molecule has 0 radical (unpaired) electrons. The first-order valence-corrected chi connectivity index (χ1v) is 26.3. The van der Waals surface area contributed by atoms with E-state index in [0.717, 1.165) is 83.5 Å². The molecule has 0 amide bonds. The largest absolute Gasteiger partial charge is 0.477 e. The molecule has 1 N–H and O–H groups in total. The van der Waals surface area contributed by atoms with Gasteiger partial charge in [-0.2, -0.15) is 0 Å². The maximum absolute atomic E-state index is 12.8. The number of carbonyl (C=O) groups excluding carboxylic acids is 2. The fraction of sp³-hybridized carbons (Fsp3) is 0.768. The number of hydrogen-bond acceptors (Lipinski definition) is 6. The molecule has 0 saturated heterocycles. The van der Waals surface area contributed by atoms with Crippen LogP contribution in [-0.2, 0) is 28.6 Å². The van der Waals surface area contributed by atoms with Crippen LogP contribution in [0.3, 0.4) is 0 Å². The lowest BCUT2D eigenvalue weighted by Gasteiger charge is -2.31. The van der Waals surface area contributed by atoms with Gasteiger partial charge in [0, 0.05) is 19.3 Å². The van der Waals surface area contributed by atoms with Crippen molar-refractivity contribution in [1.82, 2.24) is 0 Å². The third-order valence-corrected chi connectivity index (χ3v) is 11.7. The predicted octanol–water partition coefficient (Wildman–Crippen LogP) is 15.3. The molecule has 0 saturated carbocycles. The summed E-state index contributed by atoms with van der Waals surface area (Å²) < 4.78 is 17.4. The Balaban J connectivity index is 4.26. The van der Waals surface area contributed by atoms with Crippen molar-refractivity contribution >= 4 is 17.9 Å². The van der Waals surface area contributed by atoms with Gasteiger partial charge in [0.05, 0.1) is 34.4 Å². The van der Waals surface area contributed by atoms with Crippen LogP contribution in [0.2, 0.25) is 0 Å². The number of likely N-dealkylation sites (N-methyl/N-ethyl adjacent to an activating group) is 1. The van der Waals surface area contributed by atoms with Gasteiger partial charge in [-0.1, -0.05) is 209 Å². The van der Waals surface area contributed by atoms with Crippen molar-refractivity contribution in [2.75, 3.05) is 41.0 Å². The van der Waals surface area contributed by atoms with Crippen LogP contribution in [0.5, 0.6) is 0 Å². The van der Waals surface area contributed by atoms with E-state index in [-0.39, 0.29) is 36.2 Å². The van der Waals surface area contributed by atoms with Crippen LogP contribution in [-0.4, -0.2) is 80.6 Å². The predicted molar refractivity (Wildman–Crippen MR) is 271 cm³/mol. The van der Waals surface area contributed by atoms with Gasteiger partial charge < -0.3 is 23.8 Å². The summed E-state index contributed by atoms with van der Waals surface area (Å²) in [5, 5.41) is 9.66. The van der Waals surface area contributed by atoms with Gasteiger partial charge in [0.25, 0.3) is 0 Å². The van der Waals surface area contributed by atoms with Crippen molar-refractivity contribution in [2.45, 2.75) is 238 Å². The summed E-state index contributed by atoms with van der Waals surface area (Å²) >= 11 is 0. The van der Waals surface area contributed by atoms with E-state index in [4.69, 9.17) is 14.2 Å². The highest BCUT2D eigenvalue weighted by molar-refractivity contribution is 5.72. The summed E-state index contributed by atoms with van der Waals surface area (Å²) in [6.07, 6.45) is 58.4. The van der Waals surface area contributed by atoms with Crippen LogP contribution in [0.1, 0.15) is 226 Å². The summed E-state index contributed by atoms with van der Waals surface area (Å²) in [7, 11) is 5.53. The van der Waals surface area contributed by atoms with Crippen molar-refractivity contribution in [3.8, 4) is 0 Å². The lowest BCUT2D eigenvalue weighted by molar-refractivity contribution is -0.887. The molecular formula is C56H100NO7+. The average Bonchev–Trinajstić information content (AvgIpc) is 3.26. The number of nitrogens with zero attached hydrogens (tertiary/aromatic N) is 1. The van der Waals surface area contributed by atoms with Crippen LogP contribution >= 0.6 is 0 Å². The molecule has 0 rings (SSSR count). The van der Waals surface area contributed by atoms with Crippen LogP contribution < -0.4 is 0 Å². The maximum Gasteiger partial charge on any atom is 0.362 e. The molecule has 8 heteroatoms. The van der Waals surface area contributed by atoms with Gasteiger partial charge in [-0.05, 0) is 57.8 Å². The number of ether oxygens (including phenoxy) is 3. The quantitative estimate of drug-likeness (QED) is 0.0281. The number of esters is 2. The molecule has 0 fully saturated rings. The normalized spacial score (nSPS) is 13.3. The van der Waals surface area contributed by atoms with Gasteiger partial charge in [0.15, 0.2) is 12.1 Å². The zero-order valence-corrected chi connectivity index (χ0v) is 42.2. The lowest BCUT2D eigenvalue weighted by atomic mass is 10.0. The molecule has 0 aliphatic carbocycles. The van der Waals surface area contributed by atoms with E-state index in [9.17, 15) is 19.5 Å². The van der Waals surface area contributed by atoms with Gasteiger partial charge in [-0.3, -0.25) is 9.59 Å².